The first-order chi connectivity index (χ1) is 9.33. The van der Waals surface area contributed by atoms with Crippen LogP contribution >= 0.6 is 12.2 Å². The van der Waals surface area contributed by atoms with Crippen molar-refractivity contribution in [2.24, 2.45) is 0 Å². The van der Waals surface area contributed by atoms with E-state index in [9.17, 15) is 0 Å². The maximum absolute atomic E-state index is 5.88. The number of nitrogens with one attached hydrogen (secondary N) is 1. The van der Waals surface area contributed by atoms with Gasteiger partial charge in [-0.05, 0) is 36.5 Å². The summed E-state index contributed by atoms with van der Waals surface area (Å²) in [6, 6.07) is 16.0. The van der Waals surface area contributed by atoms with Gasteiger partial charge in [-0.25, -0.2) is 0 Å². The summed E-state index contributed by atoms with van der Waals surface area (Å²) in [5.41, 5.74) is 2.82. The molecule has 19 heavy (non-hydrogen) atoms. The first-order valence-electron chi connectivity index (χ1n) is 6.01. The van der Waals surface area contributed by atoms with Gasteiger partial charge in [-0.1, -0.05) is 24.3 Å². The Morgan fingerprint density at radius 3 is 2.79 bits per heavy atom. The standard InChI is InChI=1S/C15H10N2OS/c19-15-16-14(11-6-3-4-8-17(11)15)13-9-10-5-1-2-7-12(10)18-13/h1-9H,(H,16,19). The molecule has 3 heterocycles. The van der Waals surface area contributed by atoms with E-state index in [1.807, 2.05) is 59.1 Å². The molecule has 1 N–H and O–H groups in total. The molecule has 0 saturated carbocycles. The highest BCUT2D eigenvalue weighted by atomic mass is 32.1. The second-order valence-electron chi connectivity index (χ2n) is 4.41. The molecule has 0 aliphatic rings. The van der Waals surface area contributed by atoms with Crippen LogP contribution < -0.4 is 0 Å². The SMILES string of the molecule is S=c1[nH]c(-c2cc3ccccc3o2)c2ccccn12. The lowest BCUT2D eigenvalue weighted by Crippen LogP contribution is -1.80. The molecular weight excluding hydrogens is 256 g/mol. The van der Waals surface area contributed by atoms with E-state index in [0.717, 1.165) is 27.9 Å². The van der Waals surface area contributed by atoms with Crippen LogP contribution in [0.5, 0.6) is 0 Å². The maximum Gasteiger partial charge on any atom is 0.182 e. The van der Waals surface area contributed by atoms with Crippen molar-refractivity contribution in [3.63, 3.8) is 0 Å². The third-order valence-electron chi connectivity index (χ3n) is 3.24. The number of hydrogen-bond donors (Lipinski definition) is 1. The predicted octanol–water partition coefficient (Wildman–Crippen LogP) is 4.41. The number of benzene rings is 1. The fourth-order valence-electron chi connectivity index (χ4n) is 2.35. The van der Waals surface area contributed by atoms with Crippen LogP contribution in [0.15, 0.2) is 59.1 Å². The second-order valence-corrected chi connectivity index (χ2v) is 4.80. The van der Waals surface area contributed by atoms with Crippen molar-refractivity contribution < 1.29 is 4.42 Å². The predicted molar refractivity (Wildman–Crippen MR) is 77.8 cm³/mol. The molecule has 0 aliphatic carbocycles. The van der Waals surface area contributed by atoms with Crippen molar-refractivity contribution in [3.8, 4) is 11.5 Å². The molecule has 0 saturated heterocycles. The molecule has 0 aliphatic heterocycles. The van der Waals surface area contributed by atoms with Crippen molar-refractivity contribution in [1.29, 1.82) is 0 Å². The zero-order valence-corrected chi connectivity index (χ0v) is 10.8. The number of furan rings is 1. The lowest BCUT2D eigenvalue weighted by molar-refractivity contribution is 0.630. The summed E-state index contributed by atoms with van der Waals surface area (Å²) < 4.78 is 8.50. The number of nitrogens with zero attached hydrogens (tertiary/aromatic N) is 1. The molecule has 3 nitrogen and oxygen atoms in total. The fraction of sp³-hybridized carbons (Fsp3) is 0. The molecular formula is C15H10N2OS. The molecule has 0 atom stereocenters. The van der Waals surface area contributed by atoms with Crippen LogP contribution in [-0.4, -0.2) is 9.38 Å². The molecule has 4 heteroatoms. The highest BCUT2D eigenvalue weighted by Gasteiger charge is 2.11. The third-order valence-corrected chi connectivity index (χ3v) is 3.54. The van der Waals surface area contributed by atoms with Crippen LogP contribution in [-0.2, 0) is 0 Å². The minimum Gasteiger partial charge on any atom is -0.454 e. The molecule has 0 radical (unpaired) electrons. The van der Waals surface area contributed by atoms with Crippen molar-refractivity contribution in [2.75, 3.05) is 0 Å². The van der Waals surface area contributed by atoms with Gasteiger partial charge in [-0.15, -0.1) is 0 Å². The summed E-state index contributed by atoms with van der Waals surface area (Å²) in [5.74, 6) is 0.806. The average Bonchev–Trinajstić information content (AvgIpc) is 3.01. The molecule has 4 aromatic rings. The van der Waals surface area contributed by atoms with Gasteiger partial charge >= 0.3 is 0 Å². The summed E-state index contributed by atoms with van der Waals surface area (Å²) in [6.07, 6.45) is 1.94. The molecule has 0 bridgehead atoms. The smallest absolute Gasteiger partial charge is 0.182 e. The van der Waals surface area contributed by atoms with Crippen LogP contribution in [0.25, 0.3) is 27.9 Å². The van der Waals surface area contributed by atoms with E-state index in [-0.39, 0.29) is 0 Å². The Labute approximate surface area is 114 Å². The number of rotatable bonds is 1. The van der Waals surface area contributed by atoms with Crippen molar-refractivity contribution in [2.45, 2.75) is 0 Å². The van der Waals surface area contributed by atoms with E-state index < -0.39 is 0 Å². The van der Waals surface area contributed by atoms with E-state index in [0.29, 0.717) is 4.77 Å². The van der Waals surface area contributed by atoms with Gasteiger partial charge in [0.25, 0.3) is 0 Å². The molecule has 0 amide bonds. The van der Waals surface area contributed by atoms with Crippen LogP contribution in [0.1, 0.15) is 0 Å². The summed E-state index contributed by atoms with van der Waals surface area (Å²) in [5, 5.41) is 1.09. The normalized spacial score (nSPS) is 11.4. The number of hydrogen-bond acceptors (Lipinski definition) is 2. The Balaban J connectivity index is 2.06. The highest BCUT2D eigenvalue weighted by molar-refractivity contribution is 7.71. The largest absolute Gasteiger partial charge is 0.454 e. The minimum absolute atomic E-state index is 0.672. The molecule has 0 unspecified atom stereocenters. The Bertz CT molecular complexity index is 912. The minimum atomic E-state index is 0.672. The number of para-hydroxylation sites is 1. The summed E-state index contributed by atoms with van der Waals surface area (Å²) in [4.78, 5) is 3.21. The van der Waals surface area contributed by atoms with E-state index in [1.165, 1.54) is 0 Å². The first-order valence-corrected chi connectivity index (χ1v) is 6.42. The Morgan fingerprint density at radius 2 is 1.89 bits per heavy atom. The Hall–Kier alpha value is -2.33. The number of imidazole rings is 1. The average molecular weight is 266 g/mol. The summed E-state index contributed by atoms with van der Waals surface area (Å²) >= 11 is 5.32. The number of H-pyrrole nitrogens is 1. The van der Waals surface area contributed by atoms with Crippen LogP contribution in [0.2, 0.25) is 0 Å². The third kappa shape index (κ3) is 1.54. The molecule has 92 valence electrons. The number of fused-ring (bicyclic) bond motifs is 2. The Kier molecular flexibility index (Phi) is 2.13. The van der Waals surface area contributed by atoms with E-state index in [4.69, 9.17) is 16.6 Å². The fourth-order valence-corrected chi connectivity index (χ4v) is 2.61. The quantitative estimate of drug-likeness (QED) is 0.518. The van der Waals surface area contributed by atoms with Gasteiger partial charge in [0.2, 0.25) is 0 Å². The molecule has 3 aromatic heterocycles. The number of aromatic nitrogens is 2. The lowest BCUT2D eigenvalue weighted by atomic mass is 10.2. The maximum atomic E-state index is 5.88. The second kappa shape index (κ2) is 3.83. The Morgan fingerprint density at radius 1 is 1.05 bits per heavy atom. The zero-order chi connectivity index (χ0) is 12.8. The van der Waals surface area contributed by atoms with Gasteiger partial charge in [0, 0.05) is 11.6 Å². The topological polar surface area (TPSA) is 33.3 Å². The van der Waals surface area contributed by atoms with Crippen LogP contribution in [0.3, 0.4) is 0 Å². The van der Waals surface area contributed by atoms with Gasteiger partial charge in [0.1, 0.15) is 11.3 Å². The van der Waals surface area contributed by atoms with Crippen molar-refractivity contribution in [1.82, 2.24) is 9.38 Å². The first kappa shape index (κ1) is 10.6. The summed E-state index contributed by atoms with van der Waals surface area (Å²) in [7, 11) is 0. The molecule has 1 aromatic carbocycles. The summed E-state index contributed by atoms with van der Waals surface area (Å²) in [6.45, 7) is 0. The monoisotopic (exact) mass is 266 g/mol. The van der Waals surface area contributed by atoms with E-state index in [1.54, 1.807) is 0 Å². The molecule has 0 fully saturated rings. The van der Waals surface area contributed by atoms with Gasteiger partial charge in [0.15, 0.2) is 10.5 Å². The molecule has 0 spiro atoms. The lowest BCUT2D eigenvalue weighted by Gasteiger charge is -1.94. The van der Waals surface area contributed by atoms with E-state index in [2.05, 4.69) is 4.98 Å². The van der Waals surface area contributed by atoms with Crippen molar-refractivity contribution >= 4 is 28.7 Å². The van der Waals surface area contributed by atoms with Gasteiger partial charge in [0.05, 0.1) is 5.52 Å². The zero-order valence-electron chi connectivity index (χ0n) is 9.96. The van der Waals surface area contributed by atoms with Crippen LogP contribution in [0.4, 0.5) is 0 Å². The van der Waals surface area contributed by atoms with Gasteiger partial charge < -0.3 is 9.40 Å². The van der Waals surface area contributed by atoms with E-state index >= 15 is 0 Å². The highest BCUT2D eigenvalue weighted by Crippen LogP contribution is 2.29. The van der Waals surface area contributed by atoms with Crippen LogP contribution in [0, 0.1) is 4.77 Å². The number of pyridine rings is 1. The number of aromatic amines is 1. The van der Waals surface area contributed by atoms with Gasteiger partial charge in [-0.2, -0.15) is 0 Å². The van der Waals surface area contributed by atoms with Gasteiger partial charge in [-0.3, -0.25) is 4.40 Å². The van der Waals surface area contributed by atoms with Crippen molar-refractivity contribution in [3.05, 3.63) is 59.5 Å². The molecule has 4 rings (SSSR count).